The van der Waals surface area contributed by atoms with Crippen molar-refractivity contribution in [2.75, 3.05) is 0 Å². The molecule has 0 amide bonds. The highest BCUT2D eigenvalue weighted by Crippen LogP contribution is 2.17. The van der Waals surface area contributed by atoms with Crippen LogP contribution in [0.5, 0.6) is 0 Å². The number of hydrogen-bond acceptors (Lipinski definition) is 3. The number of halogens is 1. The Morgan fingerprint density at radius 1 is 1.22 bits per heavy atom. The van der Waals surface area contributed by atoms with E-state index in [2.05, 4.69) is 45.1 Å². The number of nitrogens with zero attached hydrogens (tertiary/aromatic N) is 3. The maximum absolute atomic E-state index is 4.40. The van der Waals surface area contributed by atoms with Crippen LogP contribution in [0.3, 0.4) is 0 Å². The molecule has 2 unspecified atom stereocenters. The second-order valence-corrected chi connectivity index (χ2v) is 5.32. The lowest BCUT2D eigenvalue weighted by atomic mass is 10.2. The maximum Gasteiger partial charge on any atom is 0.125 e. The van der Waals surface area contributed by atoms with Crippen molar-refractivity contribution >= 4 is 15.9 Å². The van der Waals surface area contributed by atoms with Crippen LogP contribution in [0.25, 0.3) is 0 Å². The third-order valence-corrected chi connectivity index (χ3v) is 3.41. The van der Waals surface area contributed by atoms with E-state index in [0.29, 0.717) is 0 Å². The molecule has 0 aliphatic heterocycles. The smallest absolute Gasteiger partial charge is 0.125 e. The predicted octanol–water partition coefficient (Wildman–Crippen LogP) is 2.99. The van der Waals surface area contributed by atoms with Gasteiger partial charge in [-0.2, -0.15) is 0 Å². The molecule has 0 fully saturated rings. The Morgan fingerprint density at radius 3 is 2.56 bits per heavy atom. The summed E-state index contributed by atoms with van der Waals surface area (Å²) >= 11 is 3.39. The van der Waals surface area contributed by atoms with Gasteiger partial charge in [-0.05, 0) is 41.9 Å². The molecule has 0 saturated heterocycles. The number of aryl methyl sites for hydroxylation is 1. The summed E-state index contributed by atoms with van der Waals surface area (Å²) in [5.41, 5.74) is 1.03. The number of aromatic nitrogens is 3. The summed E-state index contributed by atoms with van der Waals surface area (Å²) in [5.74, 6) is 1.03. The van der Waals surface area contributed by atoms with Crippen molar-refractivity contribution in [2.45, 2.75) is 25.9 Å². The summed E-state index contributed by atoms with van der Waals surface area (Å²) < 4.78 is 3.02. The molecule has 0 saturated carbocycles. The molecule has 0 aromatic carbocycles. The van der Waals surface area contributed by atoms with E-state index in [9.17, 15) is 0 Å². The van der Waals surface area contributed by atoms with Gasteiger partial charge in [0.2, 0.25) is 0 Å². The average molecular weight is 309 g/mol. The van der Waals surface area contributed by atoms with Gasteiger partial charge in [0.25, 0.3) is 0 Å². The van der Waals surface area contributed by atoms with Crippen LogP contribution in [-0.2, 0) is 7.05 Å². The monoisotopic (exact) mass is 308 g/mol. The van der Waals surface area contributed by atoms with Crippen molar-refractivity contribution in [1.29, 1.82) is 0 Å². The molecule has 5 heteroatoms. The summed E-state index contributed by atoms with van der Waals surface area (Å²) in [4.78, 5) is 8.75. The van der Waals surface area contributed by atoms with E-state index in [0.717, 1.165) is 16.0 Å². The first-order chi connectivity index (χ1) is 8.58. The molecule has 2 aromatic rings. The molecule has 0 bridgehead atoms. The standard InChI is InChI=1S/C13H17BrN4/c1-9(12-5-4-11(14)8-16-12)17-10(2)13-15-6-7-18(13)3/h4-10,17H,1-3H3. The summed E-state index contributed by atoms with van der Waals surface area (Å²) in [7, 11) is 2.00. The highest BCUT2D eigenvalue weighted by Gasteiger charge is 2.14. The minimum absolute atomic E-state index is 0.185. The average Bonchev–Trinajstić information content (AvgIpc) is 2.76. The summed E-state index contributed by atoms with van der Waals surface area (Å²) in [5, 5.41) is 3.50. The van der Waals surface area contributed by atoms with Crippen LogP contribution in [0.4, 0.5) is 0 Å². The van der Waals surface area contributed by atoms with E-state index in [-0.39, 0.29) is 12.1 Å². The summed E-state index contributed by atoms with van der Waals surface area (Å²) in [6, 6.07) is 4.40. The lowest BCUT2D eigenvalue weighted by molar-refractivity contribution is 0.460. The molecule has 0 radical (unpaired) electrons. The first kappa shape index (κ1) is 13.2. The summed E-state index contributed by atoms with van der Waals surface area (Å²) in [6.07, 6.45) is 5.59. The molecule has 0 aliphatic carbocycles. The van der Waals surface area contributed by atoms with Crippen molar-refractivity contribution in [3.8, 4) is 0 Å². The first-order valence-electron chi connectivity index (χ1n) is 5.92. The molecule has 1 N–H and O–H groups in total. The van der Waals surface area contributed by atoms with Crippen LogP contribution in [0.2, 0.25) is 0 Å². The van der Waals surface area contributed by atoms with Crippen molar-refractivity contribution in [1.82, 2.24) is 19.9 Å². The Labute approximate surface area is 116 Å². The molecule has 0 aliphatic rings. The van der Waals surface area contributed by atoms with Gasteiger partial charge in [0.05, 0.1) is 11.7 Å². The predicted molar refractivity (Wildman–Crippen MR) is 75.1 cm³/mol. The third-order valence-electron chi connectivity index (χ3n) is 2.94. The Bertz CT molecular complexity index is 506. The van der Waals surface area contributed by atoms with Crippen LogP contribution in [0.15, 0.2) is 35.2 Å². The normalized spacial score (nSPS) is 14.4. The zero-order chi connectivity index (χ0) is 13.1. The zero-order valence-electron chi connectivity index (χ0n) is 10.8. The van der Waals surface area contributed by atoms with Crippen LogP contribution in [-0.4, -0.2) is 14.5 Å². The molecule has 4 nitrogen and oxygen atoms in total. The topological polar surface area (TPSA) is 42.7 Å². The largest absolute Gasteiger partial charge is 0.337 e. The Hall–Kier alpha value is -1.20. The molecule has 0 spiro atoms. The molecular weight excluding hydrogens is 292 g/mol. The van der Waals surface area contributed by atoms with E-state index in [1.165, 1.54) is 0 Å². The van der Waals surface area contributed by atoms with Gasteiger partial charge in [-0.3, -0.25) is 10.3 Å². The van der Waals surface area contributed by atoms with E-state index >= 15 is 0 Å². The molecule has 2 aromatic heterocycles. The van der Waals surface area contributed by atoms with Crippen LogP contribution in [0.1, 0.15) is 37.4 Å². The molecule has 2 atom stereocenters. The highest BCUT2D eigenvalue weighted by molar-refractivity contribution is 9.10. The van der Waals surface area contributed by atoms with Crippen LogP contribution < -0.4 is 5.32 Å². The Balaban J connectivity index is 2.05. The SMILES string of the molecule is CC(NC(C)c1nccn1C)c1ccc(Br)cn1. The van der Waals surface area contributed by atoms with Crippen molar-refractivity contribution in [3.05, 3.63) is 46.7 Å². The van der Waals surface area contributed by atoms with Gasteiger partial charge >= 0.3 is 0 Å². The van der Waals surface area contributed by atoms with E-state index in [1.807, 2.05) is 42.3 Å². The van der Waals surface area contributed by atoms with Gasteiger partial charge < -0.3 is 4.57 Å². The fourth-order valence-electron chi connectivity index (χ4n) is 1.97. The van der Waals surface area contributed by atoms with Gasteiger partial charge in [-0.25, -0.2) is 4.98 Å². The second-order valence-electron chi connectivity index (χ2n) is 4.41. The number of imidazole rings is 1. The maximum atomic E-state index is 4.40. The first-order valence-corrected chi connectivity index (χ1v) is 6.72. The highest BCUT2D eigenvalue weighted by atomic mass is 79.9. The molecule has 18 heavy (non-hydrogen) atoms. The van der Waals surface area contributed by atoms with Gasteiger partial charge in [-0.15, -0.1) is 0 Å². The Morgan fingerprint density at radius 2 is 2.00 bits per heavy atom. The summed E-state index contributed by atoms with van der Waals surface area (Å²) in [6.45, 7) is 4.22. The molecule has 2 heterocycles. The fraction of sp³-hybridized carbons (Fsp3) is 0.385. The minimum atomic E-state index is 0.185. The number of hydrogen-bond donors (Lipinski definition) is 1. The number of rotatable bonds is 4. The van der Waals surface area contributed by atoms with Crippen molar-refractivity contribution in [2.24, 2.45) is 7.05 Å². The minimum Gasteiger partial charge on any atom is -0.337 e. The molecular formula is C13H17BrN4. The van der Waals surface area contributed by atoms with E-state index < -0.39 is 0 Å². The molecule has 96 valence electrons. The van der Waals surface area contributed by atoms with Crippen LogP contribution in [0, 0.1) is 0 Å². The van der Waals surface area contributed by atoms with E-state index in [4.69, 9.17) is 0 Å². The van der Waals surface area contributed by atoms with Crippen molar-refractivity contribution < 1.29 is 0 Å². The number of nitrogens with one attached hydrogen (secondary N) is 1. The second kappa shape index (κ2) is 5.63. The Kier molecular flexibility index (Phi) is 4.14. The van der Waals surface area contributed by atoms with Gasteiger partial charge in [0, 0.05) is 36.2 Å². The quantitative estimate of drug-likeness (QED) is 0.944. The van der Waals surface area contributed by atoms with Gasteiger partial charge in [0.15, 0.2) is 0 Å². The van der Waals surface area contributed by atoms with Gasteiger partial charge in [-0.1, -0.05) is 0 Å². The zero-order valence-corrected chi connectivity index (χ0v) is 12.3. The fourth-order valence-corrected chi connectivity index (χ4v) is 2.21. The van der Waals surface area contributed by atoms with Gasteiger partial charge in [0.1, 0.15) is 5.82 Å². The van der Waals surface area contributed by atoms with E-state index in [1.54, 1.807) is 0 Å². The van der Waals surface area contributed by atoms with Crippen LogP contribution >= 0.6 is 15.9 Å². The lowest BCUT2D eigenvalue weighted by Crippen LogP contribution is -2.25. The third kappa shape index (κ3) is 2.97. The molecule has 2 rings (SSSR count). The lowest BCUT2D eigenvalue weighted by Gasteiger charge is -2.19. The number of pyridine rings is 1. The van der Waals surface area contributed by atoms with Crippen molar-refractivity contribution in [3.63, 3.8) is 0 Å².